The van der Waals surface area contributed by atoms with Gasteiger partial charge in [-0.15, -0.1) is 0 Å². The maximum Gasteiger partial charge on any atom is 0.163 e. The zero-order chi connectivity index (χ0) is 16.2. The summed E-state index contributed by atoms with van der Waals surface area (Å²) in [6.45, 7) is 0.737. The summed E-state index contributed by atoms with van der Waals surface area (Å²) >= 11 is 0. The molecule has 4 aromatic rings. The molecule has 0 fully saturated rings. The van der Waals surface area contributed by atoms with Crippen LogP contribution in [-0.4, -0.2) is 21.5 Å². The summed E-state index contributed by atoms with van der Waals surface area (Å²) in [7, 11) is 0. The van der Waals surface area contributed by atoms with Crippen molar-refractivity contribution in [3.63, 3.8) is 0 Å². The van der Waals surface area contributed by atoms with Crippen LogP contribution in [0.25, 0.3) is 22.3 Å². The first kappa shape index (κ1) is 14.4. The van der Waals surface area contributed by atoms with E-state index < -0.39 is 0 Å². The van der Waals surface area contributed by atoms with Gasteiger partial charge in [-0.1, -0.05) is 12.1 Å². The predicted molar refractivity (Wildman–Crippen MR) is 93.7 cm³/mol. The van der Waals surface area contributed by atoms with Crippen LogP contribution in [0.3, 0.4) is 0 Å². The van der Waals surface area contributed by atoms with Crippen LogP contribution in [0.15, 0.2) is 71.6 Å². The Hall–Kier alpha value is -3.21. The number of benzene rings is 1. The Kier molecular flexibility index (Phi) is 3.90. The molecule has 4 rings (SSSR count). The van der Waals surface area contributed by atoms with E-state index in [0.717, 1.165) is 41.0 Å². The van der Waals surface area contributed by atoms with Gasteiger partial charge in [0.2, 0.25) is 0 Å². The standard InChI is InChI=1S/C19H16N4O/c1-2-8-17-16(7-1)19(21-11-9-15-6-4-12-24-15)23-18(22-17)14-5-3-10-20-13-14/h1-8,10,12-13H,9,11H2,(H,21,22,23). The lowest BCUT2D eigenvalue weighted by Crippen LogP contribution is -2.07. The lowest BCUT2D eigenvalue weighted by atomic mass is 10.2. The SMILES string of the molecule is c1cncc(-c2nc(NCCc3ccco3)c3ccccc3n2)c1. The molecule has 0 amide bonds. The van der Waals surface area contributed by atoms with Gasteiger partial charge in [-0.2, -0.15) is 0 Å². The van der Waals surface area contributed by atoms with Crippen LogP contribution in [-0.2, 0) is 6.42 Å². The monoisotopic (exact) mass is 316 g/mol. The molecule has 0 saturated carbocycles. The Morgan fingerprint density at radius 3 is 2.75 bits per heavy atom. The zero-order valence-corrected chi connectivity index (χ0v) is 13.0. The summed E-state index contributed by atoms with van der Waals surface area (Å²) in [5.41, 5.74) is 1.81. The molecule has 0 radical (unpaired) electrons. The Morgan fingerprint density at radius 2 is 1.92 bits per heavy atom. The van der Waals surface area contributed by atoms with Gasteiger partial charge in [0.25, 0.3) is 0 Å². The second kappa shape index (κ2) is 6.50. The molecule has 0 spiro atoms. The lowest BCUT2D eigenvalue weighted by Gasteiger charge is -2.10. The average Bonchev–Trinajstić information content (AvgIpc) is 3.16. The molecule has 3 heterocycles. The third-order valence-corrected chi connectivity index (χ3v) is 3.77. The van der Waals surface area contributed by atoms with Gasteiger partial charge in [-0.3, -0.25) is 4.98 Å². The number of pyridine rings is 1. The molecule has 5 heteroatoms. The van der Waals surface area contributed by atoms with E-state index in [1.165, 1.54) is 0 Å². The summed E-state index contributed by atoms with van der Waals surface area (Å²) in [6.07, 6.45) is 6.01. The van der Waals surface area contributed by atoms with Crippen LogP contribution in [0.2, 0.25) is 0 Å². The van der Waals surface area contributed by atoms with Crippen LogP contribution in [0.1, 0.15) is 5.76 Å². The second-order valence-corrected chi connectivity index (χ2v) is 5.41. The second-order valence-electron chi connectivity index (χ2n) is 5.41. The lowest BCUT2D eigenvalue weighted by molar-refractivity contribution is 0.513. The van der Waals surface area contributed by atoms with Crippen molar-refractivity contribution in [1.29, 1.82) is 0 Å². The van der Waals surface area contributed by atoms with E-state index in [-0.39, 0.29) is 0 Å². The smallest absolute Gasteiger partial charge is 0.163 e. The minimum absolute atomic E-state index is 0.669. The van der Waals surface area contributed by atoms with Crippen molar-refractivity contribution in [2.24, 2.45) is 0 Å². The number of nitrogens with zero attached hydrogens (tertiary/aromatic N) is 3. The molecule has 1 aromatic carbocycles. The average molecular weight is 316 g/mol. The maximum atomic E-state index is 5.37. The van der Waals surface area contributed by atoms with E-state index in [1.54, 1.807) is 18.7 Å². The minimum atomic E-state index is 0.669. The molecule has 0 aliphatic rings. The Labute approximate surface area is 139 Å². The highest BCUT2D eigenvalue weighted by atomic mass is 16.3. The van der Waals surface area contributed by atoms with Crippen molar-refractivity contribution in [1.82, 2.24) is 15.0 Å². The fourth-order valence-corrected chi connectivity index (χ4v) is 2.59. The summed E-state index contributed by atoms with van der Waals surface area (Å²) in [6, 6.07) is 15.7. The summed E-state index contributed by atoms with van der Waals surface area (Å²) < 4.78 is 5.37. The molecular weight excluding hydrogens is 300 g/mol. The summed E-state index contributed by atoms with van der Waals surface area (Å²) in [5.74, 6) is 2.45. The van der Waals surface area contributed by atoms with E-state index in [2.05, 4.69) is 15.3 Å². The molecule has 0 unspecified atom stereocenters. The number of nitrogens with one attached hydrogen (secondary N) is 1. The van der Waals surface area contributed by atoms with E-state index in [0.29, 0.717) is 5.82 Å². The third-order valence-electron chi connectivity index (χ3n) is 3.77. The number of aromatic nitrogens is 3. The number of hydrogen-bond acceptors (Lipinski definition) is 5. The van der Waals surface area contributed by atoms with Gasteiger partial charge in [0, 0.05) is 36.3 Å². The van der Waals surface area contributed by atoms with Crippen LogP contribution in [0, 0.1) is 0 Å². The number of hydrogen-bond donors (Lipinski definition) is 1. The van der Waals surface area contributed by atoms with E-state index in [9.17, 15) is 0 Å². The quantitative estimate of drug-likeness (QED) is 0.604. The van der Waals surface area contributed by atoms with Gasteiger partial charge in [-0.05, 0) is 36.4 Å². The van der Waals surface area contributed by atoms with Crippen molar-refractivity contribution >= 4 is 16.7 Å². The first-order chi connectivity index (χ1) is 11.9. The third kappa shape index (κ3) is 2.96. The van der Waals surface area contributed by atoms with Crippen LogP contribution >= 0.6 is 0 Å². The van der Waals surface area contributed by atoms with Gasteiger partial charge in [0.1, 0.15) is 11.6 Å². The number of para-hydroxylation sites is 1. The molecule has 0 bridgehead atoms. The highest BCUT2D eigenvalue weighted by molar-refractivity contribution is 5.90. The van der Waals surface area contributed by atoms with Crippen LogP contribution in [0.5, 0.6) is 0 Å². The minimum Gasteiger partial charge on any atom is -0.469 e. The first-order valence-corrected chi connectivity index (χ1v) is 7.83. The fraction of sp³-hybridized carbons (Fsp3) is 0.105. The van der Waals surface area contributed by atoms with E-state index in [4.69, 9.17) is 9.40 Å². The van der Waals surface area contributed by atoms with Gasteiger partial charge in [-0.25, -0.2) is 9.97 Å². The number of rotatable bonds is 5. The van der Waals surface area contributed by atoms with Crippen LogP contribution in [0.4, 0.5) is 5.82 Å². The first-order valence-electron chi connectivity index (χ1n) is 7.83. The van der Waals surface area contributed by atoms with Crippen LogP contribution < -0.4 is 5.32 Å². The van der Waals surface area contributed by atoms with Gasteiger partial charge in [0.05, 0.1) is 11.8 Å². The topological polar surface area (TPSA) is 63.8 Å². The van der Waals surface area contributed by atoms with Crippen molar-refractivity contribution in [3.8, 4) is 11.4 Å². The van der Waals surface area contributed by atoms with Gasteiger partial charge in [0.15, 0.2) is 5.82 Å². The molecule has 118 valence electrons. The predicted octanol–water partition coefficient (Wildman–Crippen LogP) is 3.94. The van der Waals surface area contributed by atoms with Gasteiger partial charge >= 0.3 is 0 Å². The highest BCUT2D eigenvalue weighted by Gasteiger charge is 2.09. The maximum absolute atomic E-state index is 5.37. The van der Waals surface area contributed by atoms with E-state index in [1.807, 2.05) is 48.5 Å². The molecular formula is C19H16N4O. The molecule has 3 aromatic heterocycles. The molecule has 24 heavy (non-hydrogen) atoms. The summed E-state index contributed by atoms with van der Waals surface area (Å²) in [5, 5.41) is 4.41. The number of fused-ring (bicyclic) bond motifs is 1. The molecule has 1 N–H and O–H groups in total. The highest BCUT2D eigenvalue weighted by Crippen LogP contribution is 2.24. The van der Waals surface area contributed by atoms with Crippen molar-refractivity contribution in [2.75, 3.05) is 11.9 Å². The molecule has 0 aliphatic heterocycles. The normalized spacial score (nSPS) is 10.8. The Balaban J connectivity index is 1.67. The molecule has 0 aliphatic carbocycles. The fourth-order valence-electron chi connectivity index (χ4n) is 2.59. The number of anilines is 1. The molecule has 5 nitrogen and oxygen atoms in total. The number of furan rings is 1. The Bertz CT molecular complexity index is 936. The Morgan fingerprint density at radius 1 is 0.958 bits per heavy atom. The van der Waals surface area contributed by atoms with Crippen molar-refractivity contribution in [3.05, 3.63) is 72.9 Å². The largest absolute Gasteiger partial charge is 0.469 e. The van der Waals surface area contributed by atoms with Crippen molar-refractivity contribution in [2.45, 2.75) is 6.42 Å². The summed E-state index contributed by atoms with van der Waals surface area (Å²) in [4.78, 5) is 13.5. The molecule has 0 atom stereocenters. The van der Waals surface area contributed by atoms with E-state index >= 15 is 0 Å². The molecule has 0 saturated heterocycles. The van der Waals surface area contributed by atoms with Crippen molar-refractivity contribution < 1.29 is 4.42 Å². The zero-order valence-electron chi connectivity index (χ0n) is 13.0. The van der Waals surface area contributed by atoms with Gasteiger partial charge < -0.3 is 9.73 Å².